The number of hydrogen-bond acceptors (Lipinski definition) is 3. The summed E-state index contributed by atoms with van der Waals surface area (Å²) in [6.45, 7) is -0.190. The Kier molecular flexibility index (Phi) is 5.50. The Balaban J connectivity index is 1.74. The van der Waals surface area contributed by atoms with Gasteiger partial charge >= 0.3 is 0 Å². The number of halogens is 3. The molecular formula is C19H17F3N2O2S. The van der Waals surface area contributed by atoms with Gasteiger partial charge in [-0.2, -0.15) is 0 Å². The van der Waals surface area contributed by atoms with E-state index in [1.165, 1.54) is 6.07 Å². The van der Waals surface area contributed by atoms with E-state index < -0.39 is 33.5 Å². The van der Waals surface area contributed by atoms with E-state index in [4.69, 9.17) is 5.73 Å². The molecule has 4 nitrogen and oxygen atoms in total. The van der Waals surface area contributed by atoms with Crippen LogP contribution in [-0.4, -0.2) is 21.0 Å². The molecule has 0 aliphatic rings. The van der Waals surface area contributed by atoms with Crippen LogP contribution in [-0.2, 0) is 16.4 Å². The van der Waals surface area contributed by atoms with Gasteiger partial charge in [-0.15, -0.1) is 0 Å². The molecule has 0 unspecified atom stereocenters. The van der Waals surface area contributed by atoms with Gasteiger partial charge in [0, 0.05) is 24.0 Å². The third-order valence-electron chi connectivity index (χ3n) is 4.15. The fourth-order valence-electron chi connectivity index (χ4n) is 2.80. The van der Waals surface area contributed by atoms with E-state index in [2.05, 4.69) is 4.72 Å². The second kappa shape index (κ2) is 7.67. The smallest absolute Gasteiger partial charge is 0.241 e. The molecule has 27 heavy (non-hydrogen) atoms. The number of benzene rings is 3. The number of rotatable bonds is 6. The van der Waals surface area contributed by atoms with Crippen LogP contribution in [0.15, 0.2) is 59.5 Å². The number of nitrogens with one attached hydrogen (secondary N) is 1. The second-order valence-electron chi connectivity index (χ2n) is 6.15. The molecule has 0 aliphatic heterocycles. The molecule has 3 rings (SSSR count). The average molecular weight is 394 g/mol. The summed E-state index contributed by atoms with van der Waals surface area (Å²) in [7, 11) is -3.86. The van der Waals surface area contributed by atoms with Crippen molar-refractivity contribution in [3.05, 3.63) is 77.6 Å². The van der Waals surface area contributed by atoms with Crippen molar-refractivity contribution < 1.29 is 21.6 Å². The van der Waals surface area contributed by atoms with Crippen LogP contribution in [0.2, 0.25) is 0 Å². The second-order valence-corrected chi connectivity index (χ2v) is 7.89. The zero-order valence-corrected chi connectivity index (χ0v) is 14.9. The van der Waals surface area contributed by atoms with Gasteiger partial charge in [0.1, 0.15) is 5.82 Å². The summed E-state index contributed by atoms with van der Waals surface area (Å²) >= 11 is 0. The summed E-state index contributed by atoms with van der Waals surface area (Å²) < 4.78 is 67.6. The number of nitrogens with two attached hydrogens (primary N) is 1. The van der Waals surface area contributed by atoms with Crippen LogP contribution >= 0.6 is 0 Å². The third kappa shape index (κ3) is 4.29. The van der Waals surface area contributed by atoms with Gasteiger partial charge in [-0.1, -0.05) is 36.4 Å². The van der Waals surface area contributed by atoms with Gasteiger partial charge in [0.2, 0.25) is 10.0 Å². The molecule has 0 fully saturated rings. The van der Waals surface area contributed by atoms with Gasteiger partial charge < -0.3 is 5.73 Å². The summed E-state index contributed by atoms with van der Waals surface area (Å²) in [4.78, 5) is 0.104. The summed E-state index contributed by atoms with van der Waals surface area (Å²) in [5.74, 6) is -3.40. The van der Waals surface area contributed by atoms with Gasteiger partial charge in [0.25, 0.3) is 0 Å². The quantitative estimate of drug-likeness (QED) is 0.631. The summed E-state index contributed by atoms with van der Waals surface area (Å²) in [5, 5.41) is 1.33. The van der Waals surface area contributed by atoms with Crippen LogP contribution in [0.1, 0.15) is 5.56 Å². The molecule has 0 aromatic heterocycles. The molecule has 0 spiro atoms. The van der Waals surface area contributed by atoms with Crippen molar-refractivity contribution in [1.82, 2.24) is 4.72 Å². The van der Waals surface area contributed by atoms with E-state index in [-0.39, 0.29) is 23.4 Å². The maximum atomic E-state index is 13.7. The topological polar surface area (TPSA) is 72.2 Å². The summed E-state index contributed by atoms with van der Waals surface area (Å²) in [6.07, 6.45) is -0.152. The Bertz CT molecular complexity index is 1080. The monoisotopic (exact) mass is 394 g/mol. The molecule has 142 valence electrons. The molecule has 8 heteroatoms. The Hall–Kier alpha value is -2.42. The maximum Gasteiger partial charge on any atom is 0.241 e. The van der Waals surface area contributed by atoms with Gasteiger partial charge in [0.15, 0.2) is 11.6 Å². The van der Waals surface area contributed by atoms with Crippen molar-refractivity contribution in [3.8, 4) is 0 Å². The highest BCUT2D eigenvalue weighted by molar-refractivity contribution is 7.89. The fraction of sp³-hybridized carbons (Fsp3) is 0.158. The first-order valence-corrected chi connectivity index (χ1v) is 9.62. The lowest BCUT2D eigenvalue weighted by Gasteiger charge is -2.15. The predicted molar refractivity (Wildman–Crippen MR) is 97.1 cm³/mol. The largest absolute Gasteiger partial charge is 0.326 e. The lowest BCUT2D eigenvalue weighted by molar-refractivity contribution is 0.486. The van der Waals surface area contributed by atoms with Crippen LogP contribution in [0.3, 0.4) is 0 Å². The van der Waals surface area contributed by atoms with E-state index in [1.54, 1.807) is 36.4 Å². The molecule has 0 amide bonds. The minimum absolute atomic E-state index is 0.104. The lowest BCUT2D eigenvalue weighted by atomic mass is 10.1. The van der Waals surface area contributed by atoms with Crippen LogP contribution in [0.4, 0.5) is 13.2 Å². The van der Waals surface area contributed by atoms with E-state index in [0.717, 1.165) is 11.5 Å². The van der Waals surface area contributed by atoms with Gasteiger partial charge in [-0.3, -0.25) is 0 Å². The Morgan fingerprint density at radius 2 is 1.59 bits per heavy atom. The summed E-state index contributed by atoms with van der Waals surface area (Å²) in [5.41, 5.74) is 5.73. The number of fused-ring (bicyclic) bond motifs is 1. The highest BCUT2D eigenvalue weighted by Gasteiger charge is 2.19. The molecule has 0 saturated carbocycles. The summed E-state index contributed by atoms with van der Waals surface area (Å²) in [6, 6.07) is 12.3. The molecule has 0 aliphatic carbocycles. The minimum Gasteiger partial charge on any atom is -0.326 e. The van der Waals surface area contributed by atoms with E-state index in [1.807, 2.05) is 0 Å². The van der Waals surface area contributed by atoms with Crippen molar-refractivity contribution in [3.63, 3.8) is 0 Å². The van der Waals surface area contributed by atoms with Crippen molar-refractivity contribution in [2.45, 2.75) is 17.4 Å². The van der Waals surface area contributed by atoms with Crippen molar-refractivity contribution >= 4 is 20.8 Å². The minimum atomic E-state index is -3.86. The highest BCUT2D eigenvalue weighted by Crippen LogP contribution is 2.22. The van der Waals surface area contributed by atoms with Gasteiger partial charge in [-0.05, 0) is 29.5 Å². The number of sulfonamides is 1. The molecule has 0 saturated heterocycles. The normalized spacial score (nSPS) is 13.0. The molecule has 0 heterocycles. The fourth-order valence-corrected chi connectivity index (χ4v) is 4.12. The average Bonchev–Trinajstić information content (AvgIpc) is 2.64. The van der Waals surface area contributed by atoms with Gasteiger partial charge in [-0.25, -0.2) is 26.3 Å². The zero-order valence-electron chi connectivity index (χ0n) is 14.1. The lowest BCUT2D eigenvalue weighted by Crippen LogP contribution is -2.38. The third-order valence-corrected chi connectivity index (χ3v) is 5.63. The Labute approximate surface area is 154 Å². The van der Waals surface area contributed by atoms with Crippen molar-refractivity contribution in [2.75, 3.05) is 6.54 Å². The first kappa shape index (κ1) is 19.3. The SMILES string of the molecule is N[C@@H](CNS(=O)(=O)c1cccc2ccccc12)Cc1cc(F)c(F)cc1F. The molecule has 1 atom stereocenters. The van der Waals surface area contributed by atoms with E-state index >= 15 is 0 Å². The van der Waals surface area contributed by atoms with Crippen molar-refractivity contribution in [2.24, 2.45) is 5.73 Å². The Morgan fingerprint density at radius 1 is 0.926 bits per heavy atom. The first-order chi connectivity index (χ1) is 12.8. The first-order valence-electron chi connectivity index (χ1n) is 8.14. The standard InChI is InChI=1S/C19H17F3N2O2S/c20-16-10-18(22)17(21)9-13(16)8-14(23)11-24-27(25,26)19-7-3-5-12-4-1-2-6-15(12)19/h1-7,9-10,14,24H,8,11,23H2/t14-/m1/s1. The molecule has 3 N–H and O–H groups in total. The molecule has 3 aromatic carbocycles. The number of hydrogen-bond donors (Lipinski definition) is 2. The zero-order chi connectivity index (χ0) is 19.6. The molecule has 3 aromatic rings. The van der Waals surface area contributed by atoms with E-state index in [9.17, 15) is 21.6 Å². The van der Waals surface area contributed by atoms with E-state index in [0.29, 0.717) is 11.5 Å². The maximum absolute atomic E-state index is 13.7. The molecule has 0 radical (unpaired) electrons. The predicted octanol–water partition coefficient (Wildman–Crippen LogP) is 3.11. The van der Waals surface area contributed by atoms with Crippen LogP contribution in [0.5, 0.6) is 0 Å². The molecular weight excluding hydrogens is 377 g/mol. The van der Waals surface area contributed by atoms with Gasteiger partial charge in [0.05, 0.1) is 4.90 Å². The highest BCUT2D eigenvalue weighted by atomic mass is 32.2. The van der Waals surface area contributed by atoms with Crippen molar-refractivity contribution in [1.29, 1.82) is 0 Å². The molecule has 0 bridgehead atoms. The van der Waals surface area contributed by atoms with Crippen LogP contribution in [0.25, 0.3) is 10.8 Å². The van der Waals surface area contributed by atoms with Crippen LogP contribution in [0, 0.1) is 17.5 Å². The Morgan fingerprint density at radius 3 is 2.37 bits per heavy atom. The van der Waals surface area contributed by atoms with Crippen LogP contribution < -0.4 is 10.5 Å².